The summed E-state index contributed by atoms with van der Waals surface area (Å²) in [4.78, 5) is 18.8. The Bertz CT molecular complexity index is 801. The number of thioether (sulfide) groups is 1. The van der Waals surface area contributed by atoms with E-state index in [1.54, 1.807) is 12.4 Å². The number of nitrogens with zero attached hydrogens (tertiary/aromatic N) is 3. The van der Waals surface area contributed by atoms with Gasteiger partial charge in [0.05, 0.1) is 10.9 Å². The molecule has 6 nitrogen and oxygen atoms in total. The number of aryl methyl sites for hydroxylation is 1. The summed E-state index contributed by atoms with van der Waals surface area (Å²) in [5.41, 5.74) is 2.94. The van der Waals surface area contributed by atoms with Crippen LogP contribution >= 0.6 is 11.8 Å². The van der Waals surface area contributed by atoms with Gasteiger partial charge in [0.1, 0.15) is 11.9 Å². The number of hydrogen-bond acceptors (Lipinski definition) is 5. The minimum Gasteiger partial charge on any atom is -0.488 e. The van der Waals surface area contributed by atoms with Gasteiger partial charge in [0, 0.05) is 42.7 Å². The molecule has 130 valence electrons. The van der Waals surface area contributed by atoms with E-state index in [2.05, 4.69) is 15.2 Å². The lowest BCUT2D eigenvalue weighted by Gasteiger charge is -2.47. The van der Waals surface area contributed by atoms with Gasteiger partial charge >= 0.3 is 0 Å². The van der Waals surface area contributed by atoms with Crippen molar-refractivity contribution in [1.29, 1.82) is 0 Å². The van der Waals surface area contributed by atoms with Crippen LogP contribution in [0.2, 0.25) is 0 Å². The minimum atomic E-state index is 0.0854. The summed E-state index contributed by atoms with van der Waals surface area (Å²) in [6, 6.07) is 3.83. The predicted molar refractivity (Wildman–Crippen MR) is 95.0 cm³/mol. The molecule has 2 fully saturated rings. The summed E-state index contributed by atoms with van der Waals surface area (Å²) in [7, 11) is 0. The Labute approximate surface area is 150 Å². The third-order valence-electron chi connectivity index (χ3n) is 5.37. The van der Waals surface area contributed by atoms with Gasteiger partial charge in [0.2, 0.25) is 0 Å². The number of H-pyrrole nitrogens is 1. The van der Waals surface area contributed by atoms with Gasteiger partial charge in [-0.15, -0.1) is 11.8 Å². The molecule has 7 heteroatoms. The van der Waals surface area contributed by atoms with Crippen LogP contribution in [0.25, 0.3) is 0 Å². The maximum Gasteiger partial charge on any atom is 0.274 e. The van der Waals surface area contributed by atoms with E-state index in [9.17, 15) is 4.79 Å². The number of ether oxygens (including phenoxy) is 1. The maximum absolute atomic E-state index is 12.8. The second-order valence-electron chi connectivity index (χ2n) is 7.17. The minimum absolute atomic E-state index is 0.0854. The highest BCUT2D eigenvalue weighted by molar-refractivity contribution is 8.01. The molecule has 25 heavy (non-hydrogen) atoms. The molecule has 1 aliphatic carbocycles. The monoisotopic (exact) mass is 356 g/mol. The molecule has 0 bridgehead atoms. The number of pyridine rings is 1. The van der Waals surface area contributed by atoms with Gasteiger partial charge in [-0.1, -0.05) is 0 Å². The molecule has 1 amide bonds. The van der Waals surface area contributed by atoms with Crippen molar-refractivity contribution in [3.63, 3.8) is 0 Å². The smallest absolute Gasteiger partial charge is 0.274 e. The summed E-state index contributed by atoms with van der Waals surface area (Å²) < 4.78 is 6.19. The number of fused-ring (bicyclic) bond motifs is 1. The first kappa shape index (κ1) is 15.3. The summed E-state index contributed by atoms with van der Waals surface area (Å²) in [5.74, 6) is 1.88. The molecule has 0 saturated carbocycles. The predicted octanol–water partition coefficient (Wildman–Crippen LogP) is 2.07. The van der Waals surface area contributed by atoms with E-state index < -0.39 is 0 Å². The van der Waals surface area contributed by atoms with E-state index in [0.29, 0.717) is 5.69 Å². The molecule has 1 atom stereocenters. The fourth-order valence-electron chi connectivity index (χ4n) is 4.15. The van der Waals surface area contributed by atoms with Gasteiger partial charge in [0.15, 0.2) is 5.69 Å². The maximum atomic E-state index is 12.8. The van der Waals surface area contributed by atoms with E-state index in [-0.39, 0.29) is 16.8 Å². The SMILES string of the molecule is O=C(c1n[nH]c2c1CCC2)N1CC2(CC(Oc3cccnc3)CS2)C1. The summed E-state index contributed by atoms with van der Waals surface area (Å²) in [5, 5.41) is 7.31. The van der Waals surface area contributed by atoms with Crippen molar-refractivity contribution in [3.8, 4) is 5.75 Å². The first-order valence-electron chi connectivity index (χ1n) is 8.78. The van der Waals surface area contributed by atoms with E-state index in [1.807, 2.05) is 28.8 Å². The van der Waals surface area contributed by atoms with Crippen LogP contribution in [0, 0.1) is 0 Å². The molecule has 1 N–H and O–H groups in total. The van der Waals surface area contributed by atoms with Gasteiger partial charge in [-0.2, -0.15) is 5.10 Å². The van der Waals surface area contributed by atoms with Gasteiger partial charge < -0.3 is 9.64 Å². The van der Waals surface area contributed by atoms with Crippen molar-refractivity contribution in [2.24, 2.45) is 0 Å². The first-order chi connectivity index (χ1) is 12.2. The average molecular weight is 356 g/mol. The molecular formula is C18H20N4O2S. The van der Waals surface area contributed by atoms with Crippen molar-refractivity contribution in [2.75, 3.05) is 18.8 Å². The van der Waals surface area contributed by atoms with Gasteiger partial charge in [0.25, 0.3) is 5.91 Å². The Hall–Kier alpha value is -2.02. The highest BCUT2D eigenvalue weighted by Gasteiger charge is 2.52. The fourth-order valence-corrected chi connectivity index (χ4v) is 5.67. The Morgan fingerprint density at radius 1 is 1.40 bits per heavy atom. The van der Waals surface area contributed by atoms with Crippen LogP contribution in [-0.2, 0) is 12.8 Å². The first-order valence-corrected chi connectivity index (χ1v) is 9.77. The number of rotatable bonds is 3. The van der Waals surface area contributed by atoms with E-state index in [4.69, 9.17) is 4.74 Å². The number of amides is 1. The molecular weight excluding hydrogens is 336 g/mol. The van der Waals surface area contributed by atoms with E-state index >= 15 is 0 Å². The largest absolute Gasteiger partial charge is 0.488 e. The van der Waals surface area contributed by atoms with Crippen LogP contribution in [0.1, 0.15) is 34.6 Å². The third-order valence-corrected chi connectivity index (χ3v) is 6.94. The quantitative estimate of drug-likeness (QED) is 0.912. The Morgan fingerprint density at radius 2 is 2.32 bits per heavy atom. The number of carbonyl (C=O) groups excluding carboxylic acids is 1. The third kappa shape index (κ3) is 2.61. The number of hydrogen-bond donors (Lipinski definition) is 1. The van der Waals surface area contributed by atoms with Gasteiger partial charge in [-0.25, -0.2) is 0 Å². The van der Waals surface area contributed by atoms with Crippen molar-refractivity contribution < 1.29 is 9.53 Å². The van der Waals surface area contributed by atoms with Crippen LogP contribution in [-0.4, -0.2) is 55.7 Å². The van der Waals surface area contributed by atoms with Crippen LogP contribution < -0.4 is 4.74 Å². The van der Waals surface area contributed by atoms with Crippen LogP contribution in [0.5, 0.6) is 5.75 Å². The zero-order valence-corrected chi connectivity index (χ0v) is 14.7. The lowest BCUT2D eigenvalue weighted by atomic mass is 9.92. The van der Waals surface area contributed by atoms with Crippen LogP contribution in [0.3, 0.4) is 0 Å². The van der Waals surface area contributed by atoms with E-state index in [1.165, 1.54) is 0 Å². The van der Waals surface area contributed by atoms with Crippen molar-refractivity contribution >= 4 is 17.7 Å². The lowest BCUT2D eigenvalue weighted by molar-refractivity contribution is 0.0511. The molecule has 2 aromatic rings. The highest BCUT2D eigenvalue weighted by atomic mass is 32.2. The molecule has 0 radical (unpaired) electrons. The number of aromatic amines is 1. The van der Waals surface area contributed by atoms with Gasteiger partial charge in [-0.3, -0.25) is 14.9 Å². The normalized spacial score (nSPS) is 23.5. The van der Waals surface area contributed by atoms with Crippen LogP contribution in [0.4, 0.5) is 0 Å². The molecule has 2 aliphatic heterocycles. The van der Waals surface area contributed by atoms with Crippen molar-refractivity contribution in [1.82, 2.24) is 20.1 Å². The molecule has 4 heterocycles. The lowest BCUT2D eigenvalue weighted by Crippen LogP contribution is -2.61. The Kier molecular flexibility index (Phi) is 3.51. The number of aromatic nitrogens is 3. The zero-order chi connectivity index (χ0) is 16.9. The average Bonchev–Trinajstić information content (AvgIpc) is 3.29. The summed E-state index contributed by atoms with van der Waals surface area (Å²) in [6.45, 7) is 1.59. The number of nitrogens with one attached hydrogen (secondary N) is 1. The number of likely N-dealkylation sites (tertiary alicyclic amines) is 1. The Balaban J connectivity index is 1.21. The molecule has 1 spiro atoms. The fraction of sp³-hybridized carbons (Fsp3) is 0.500. The second kappa shape index (κ2) is 5.76. The molecule has 1 unspecified atom stereocenters. The topological polar surface area (TPSA) is 71.1 Å². The van der Waals surface area contributed by atoms with E-state index in [0.717, 1.165) is 61.5 Å². The molecule has 0 aromatic carbocycles. The standard InChI is InChI=1S/C18H20N4O2S/c23-17(16-14-4-1-5-15(14)20-21-16)22-10-18(11-22)7-13(9-25-18)24-12-3-2-6-19-8-12/h2-3,6,8,13H,1,4-5,7,9-11H2,(H,20,21). The number of carbonyl (C=O) groups is 1. The van der Waals surface area contributed by atoms with Gasteiger partial charge in [-0.05, 0) is 31.4 Å². The highest BCUT2D eigenvalue weighted by Crippen LogP contribution is 2.46. The Morgan fingerprint density at radius 3 is 3.16 bits per heavy atom. The summed E-state index contributed by atoms with van der Waals surface area (Å²) >= 11 is 1.94. The van der Waals surface area contributed by atoms with Crippen LogP contribution in [0.15, 0.2) is 24.5 Å². The molecule has 5 rings (SSSR count). The van der Waals surface area contributed by atoms with Crippen molar-refractivity contribution in [3.05, 3.63) is 41.5 Å². The molecule has 2 saturated heterocycles. The molecule has 3 aliphatic rings. The second-order valence-corrected chi connectivity index (χ2v) is 8.66. The summed E-state index contributed by atoms with van der Waals surface area (Å²) in [6.07, 6.45) is 7.79. The molecule has 2 aromatic heterocycles. The van der Waals surface area contributed by atoms with Crippen molar-refractivity contribution in [2.45, 2.75) is 36.5 Å². The zero-order valence-electron chi connectivity index (χ0n) is 13.9.